The van der Waals surface area contributed by atoms with Gasteiger partial charge in [0.1, 0.15) is 0 Å². The van der Waals surface area contributed by atoms with Crippen molar-refractivity contribution in [1.82, 2.24) is 4.57 Å². The number of aromatic nitrogens is 1. The first-order valence-corrected chi connectivity index (χ1v) is 19.8. The number of rotatable bonds is 6. The van der Waals surface area contributed by atoms with E-state index in [0.29, 0.717) is 0 Å². The zero-order chi connectivity index (χ0) is 38.1. The monoisotopic (exact) mass is 728 g/mol. The van der Waals surface area contributed by atoms with Gasteiger partial charge in [-0.2, -0.15) is 0 Å². The molecular formula is C55H40N2. The van der Waals surface area contributed by atoms with Crippen LogP contribution in [0.5, 0.6) is 0 Å². The van der Waals surface area contributed by atoms with Crippen LogP contribution in [0.4, 0.5) is 17.1 Å². The Kier molecular flexibility index (Phi) is 7.55. The highest BCUT2D eigenvalue weighted by Gasteiger charge is 2.35. The van der Waals surface area contributed by atoms with Gasteiger partial charge in [0.25, 0.3) is 0 Å². The number of hydrogen-bond acceptors (Lipinski definition) is 1. The van der Waals surface area contributed by atoms with Crippen LogP contribution in [0.3, 0.4) is 0 Å². The fourth-order valence-corrected chi connectivity index (χ4v) is 9.27. The van der Waals surface area contributed by atoms with Crippen molar-refractivity contribution >= 4 is 49.6 Å². The van der Waals surface area contributed by atoms with E-state index in [9.17, 15) is 0 Å². The quantitative estimate of drug-likeness (QED) is 0.165. The van der Waals surface area contributed by atoms with Gasteiger partial charge in [0.15, 0.2) is 0 Å². The summed E-state index contributed by atoms with van der Waals surface area (Å²) in [5.41, 5.74) is 17.1. The Balaban J connectivity index is 0.972. The van der Waals surface area contributed by atoms with E-state index in [1.54, 1.807) is 0 Å². The highest BCUT2D eigenvalue weighted by atomic mass is 15.1. The minimum Gasteiger partial charge on any atom is -0.310 e. The smallest absolute Gasteiger partial charge is 0.0541 e. The second-order valence-corrected chi connectivity index (χ2v) is 15.8. The van der Waals surface area contributed by atoms with E-state index < -0.39 is 0 Å². The molecule has 0 N–H and O–H groups in total. The zero-order valence-electron chi connectivity index (χ0n) is 32.0. The molecule has 0 spiro atoms. The van der Waals surface area contributed by atoms with Crippen molar-refractivity contribution in [3.05, 3.63) is 217 Å². The molecule has 2 nitrogen and oxygen atoms in total. The summed E-state index contributed by atoms with van der Waals surface area (Å²) in [5, 5.41) is 5.06. The van der Waals surface area contributed by atoms with Gasteiger partial charge in [-0.25, -0.2) is 0 Å². The predicted octanol–water partition coefficient (Wildman–Crippen LogP) is 15.0. The van der Waals surface area contributed by atoms with E-state index in [0.717, 1.165) is 22.7 Å². The Hall–Kier alpha value is -7.16. The highest BCUT2D eigenvalue weighted by Crippen LogP contribution is 2.50. The van der Waals surface area contributed by atoms with Crippen molar-refractivity contribution in [3.8, 4) is 39.1 Å². The van der Waals surface area contributed by atoms with Crippen molar-refractivity contribution in [2.45, 2.75) is 19.3 Å². The lowest BCUT2D eigenvalue weighted by atomic mass is 9.82. The molecule has 0 saturated heterocycles. The second kappa shape index (κ2) is 13.0. The van der Waals surface area contributed by atoms with Gasteiger partial charge in [-0.05, 0) is 122 Å². The van der Waals surface area contributed by atoms with Crippen molar-refractivity contribution in [3.63, 3.8) is 0 Å². The third-order valence-electron chi connectivity index (χ3n) is 12.2. The molecule has 11 rings (SSSR count). The van der Waals surface area contributed by atoms with E-state index in [2.05, 4.69) is 230 Å². The van der Waals surface area contributed by atoms with E-state index in [-0.39, 0.29) is 5.41 Å². The van der Waals surface area contributed by atoms with Crippen LogP contribution < -0.4 is 4.90 Å². The molecule has 0 fully saturated rings. The van der Waals surface area contributed by atoms with Crippen molar-refractivity contribution in [1.29, 1.82) is 0 Å². The SMILES string of the molecule is CC1(C)c2ccccc2-c2cc(N(c3ccc(-c4ccc(-n5c6ccccc6c6ccccc65)cc4)cc3)c3ccc(-c4ccc5ccccc5c4)cc3)ccc21. The third-order valence-corrected chi connectivity index (χ3v) is 12.2. The molecule has 0 bridgehead atoms. The summed E-state index contributed by atoms with van der Waals surface area (Å²) in [6.45, 7) is 4.68. The molecule has 0 atom stereocenters. The molecule has 1 aromatic heterocycles. The summed E-state index contributed by atoms with van der Waals surface area (Å²) < 4.78 is 2.37. The minimum absolute atomic E-state index is 0.0461. The number of nitrogens with zero attached hydrogens (tertiary/aromatic N) is 2. The Morgan fingerprint density at radius 1 is 0.368 bits per heavy atom. The summed E-state index contributed by atoms with van der Waals surface area (Å²) in [6, 6.07) is 75.6. The lowest BCUT2D eigenvalue weighted by molar-refractivity contribution is 0.660. The zero-order valence-corrected chi connectivity index (χ0v) is 32.0. The number of benzene rings is 9. The molecule has 1 aliphatic rings. The lowest BCUT2D eigenvalue weighted by Gasteiger charge is -2.27. The first-order chi connectivity index (χ1) is 28.0. The molecule has 0 amide bonds. The molecule has 0 radical (unpaired) electrons. The summed E-state index contributed by atoms with van der Waals surface area (Å²) in [6.07, 6.45) is 0. The van der Waals surface area contributed by atoms with Crippen molar-refractivity contribution in [2.24, 2.45) is 0 Å². The van der Waals surface area contributed by atoms with Gasteiger partial charge in [0, 0.05) is 38.9 Å². The molecule has 57 heavy (non-hydrogen) atoms. The van der Waals surface area contributed by atoms with Gasteiger partial charge in [0.2, 0.25) is 0 Å². The molecular weight excluding hydrogens is 689 g/mol. The fourth-order valence-electron chi connectivity index (χ4n) is 9.27. The van der Waals surface area contributed by atoms with Crippen LogP contribution in [0, 0.1) is 0 Å². The molecule has 9 aromatic carbocycles. The van der Waals surface area contributed by atoms with Gasteiger partial charge in [-0.15, -0.1) is 0 Å². The number of fused-ring (bicyclic) bond motifs is 7. The Bertz CT molecular complexity index is 3080. The van der Waals surface area contributed by atoms with E-state index in [4.69, 9.17) is 0 Å². The van der Waals surface area contributed by atoms with Crippen LogP contribution in [-0.2, 0) is 5.41 Å². The number of para-hydroxylation sites is 2. The van der Waals surface area contributed by atoms with Crippen LogP contribution >= 0.6 is 0 Å². The van der Waals surface area contributed by atoms with E-state index >= 15 is 0 Å². The molecule has 10 aromatic rings. The largest absolute Gasteiger partial charge is 0.310 e. The maximum absolute atomic E-state index is 2.40. The summed E-state index contributed by atoms with van der Waals surface area (Å²) in [5.74, 6) is 0. The molecule has 0 aliphatic heterocycles. The van der Waals surface area contributed by atoms with Crippen molar-refractivity contribution < 1.29 is 0 Å². The minimum atomic E-state index is -0.0461. The van der Waals surface area contributed by atoms with Crippen molar-refractivity contribution in [2.75, 3.05) is 4.90 Å². The van der Waals surface area contributed by atoms with Crippen LogP contribution in [0.2, 0.25) is 0 Å². The summed E-state index contributed by atoms with van der Waals surface area (Å²) in [7, 11) is 0. The van der Waals surface area contributed by atoms with Gasteiger partial charge >= 0.3 is 0 Å². The normalized spacial score (nSPS) is 12.9. The fraction of sp³-hybridized carbons (Fsp3) is 0.0545. The molecule has 1 heterocycles. The third kappa shape index (κ3) is 5.40. The van der Waals surface area contributed by atoms with Crippen LogP contribution in [0.25, 0.3) is 71.6 Å². The molecule has 1 aliphatic carbocycles. The van der Waals surface area contributed by atoms with E-state index in [1.807, 2.05) is 0 Å². The Morgan fingerprint density at radius 2 is 0.860 bits per heavy atom. The van der Waals surface area contributed by atoms with Gasteiger partial charge in [-0.3, -0.25) is 0 Å². The van der Waals surface area contributed by atoms with Gasteiger partial charge in [-0.1, -0.05) is 153 Å². The number of anilines is 3. The van der Waals surface area contributed by atoms with E-state index in [1.165, 1.54) is 77.1 Å². The molecule has 0 unspecified atom stereocenters. The average Bonchev–Trinajstić information content (AvgIpc) is 3.72. The highest BCUT2D eigenvalue weighted by molar-refractivity contribution is 6.09. The summed E-state index contributed by atoms with van der Waals surface area (Å²) in [4.78, 5) is 2.40. The second-order valence-electron chi connectivity index (χ2n) is 15.8. The Morgan fingerprint density at radius 3 is 1.53 bits per heavy atom. The predicted molar refractivity (Wildman–Crippen MR) is 241 cm³/mol. The maximum Gasteiger partial charge on any atom is 0.0541 e. The van der Waals surface area contributed by atoms with Crippen LogP contribution in [-0.4, -0.2) is 4.57 Å². The molecule has 0 saturated carbocycles. The topological polar surface area (TPSA) is 8.17 Å². The Labute approximate surface area is 333 Å². The van der Waals surface area contributed by atoms with Gasteiger partial charge in [0.05, 0.1) is 11.0 Å². The number of hydrogen-bond donors (Lipinski definition) is 0. The standard InChI is InChI=1S/C55H40N2/c1-55(2)51-16-8-5-13-47(51)50-36-46(33-34-52(50)55)56(44-29-25-40(26-30-44)42-20-19-37-11-3-4-12-41(37)35-42)43-27-21-38(22-28-43)39-23-31-45(32-24-39)57-53-17-9-6-14-48(53)49-15-7-10-18-54(49)57/h3-36H,1-2H3. The lowest BCUT2D eigenvalue weighted by Crippen LogP contribution is -2.15. The average molecular weight is 729 g/mol. The summed E-state index contributed by atoms with van der Waals surface area (Å²) >= 11 is 0. The first-order valence-electron chi connectivity index (χ1n) is 19.8. The molecule has 2 heteroatoms. The first kappa shape index (κ1) is 33.2. The van der Waals surface area contributed by atoms with Crippen LogP contribution in [0.1, 0.15) is 25.0 Å². The van der Waals surface area contributed by atoms with Gasteiger partial charge < -0.3 is 9.47 Å². The van der Waals surface area contributed by atoms with Crippen LogP contribution in [0.15, 0.2) is 206 Å². The maximum atomic E-state index is 2.40. The molecule has 270 valence electrons.